The maximum Gasteiger partial charge on any atom is 0.311 e. The molecule has 2 aliphatic rings. The lowest BCUT2D eigenvalue weighted by atomic mass is 9.84. The van der Waals surface area contributed by atoms with Gasteiger partial charge in [-0.05, 0) is 59.3 Å². The van der Waals surface area contributed by atoms with Crippen LogP contribution in [0.3, 0.4) is 0 Å². The minimum Gasteiger partial charge on any atom is -0.463 e. The van der Waals surface area contributed by atoms with Crippen LogP contribution in [0, 0.1) is 5.41 Å². The lowest BCUT2D eigenvalue weighted by Gasteiger charge is -2.35. The Morgan fingerprint density at radius 1 is 0.935 bits per heavy atom. The predicted octanol–water partition coefficient (Wildman–Crippen LogP) is 3.89. The largest absolute Gasteiger partial charge is 0.463 e. The van der Waals surface area contributed by atoms with E-state index >= 15 is 0 Å². The molecule has 0 bridgehead atoms. The van der Waals surface area contributed by atoms with Crippen LogP contribution in [0.15, 0.2) is 0 Å². The van der Waals surface area contributed by atoms with Crippen molar-refractivity contribution in [2.45, 2.75) is 104 Å². The Morgan fingerprint density at radius 2 is 1.52 bits per heavy atom. The molecule has 0 saturated carbocycles. The summed E-state index contributed by atoms with van der Waals surface area (Å²) in [5.74, 6) is 0.0751. The molecule has 0 aromatic carbocycles. The molecular weight excluding hydrogens is 396 g/mol. The molecule has 0 aliphatic carbocycles. The highest BCUT2D eigenvalue weighted by Gasteiger charge is 2.35. The predicted molar refractivity (Wildman–Crippen MR) is 119 cm³/mol. The third-order valence-corrected chi connectivity index (χ3v) is 6.55. The second kappa shape index (κ2) is 12.4. The van der Waals surface area contributed by atoms with Gasteiger partial charge in [-0.3, -0.25) is 14.4 Å². The molecule has 2 heterocycles. The van der Waals surface area contributed by atoms with Gasteiger partial charge in [-0.25, -0.2) is 0 Å². The van der Waals surface area contributed by atoms with Crippen LogP contribution in [0.2, 0.25) is 0 Å². The first-order valence-electron chi connectivity index (χ1n) is 12.1. The highest BCUT2D eigenvalue weighted by atomic mass is 16.6. The number of carbonyl (C=O) groups excluding carboxylic acids is 3. The zero-order chi connectivity index (χ0) is 22.9. The number of hydrogen-bond acceptors (Lipinski definition) is 5. The van der Waals surface area contributed by atoms with Gasteiger partial charge in [-0.2, -0.15) is 0 Å². The van der Waals surface area contributed by atoms with Gasteiger partial charge < -0.3 is 19.3 Å². The number of nitrogens with zero attached hydrogens (tertiary/aromatic N) is 2. The van der Waals surface area contributed by atoms with Gasteiger partial charge in [0.1, 0.15) is 12.8 Å². The summed E-state index contributed by atoms with van der Waals surface area (Å²) in [6, 6.07) is 0.0541. The molecule has 7 nitrogen and oxygen atoms in total. The monoisotopic (exact) mass is 438 g/mol. The Hall–Kier alpha value is -1.63. The molecule has 2 saturated heterocycles. The molecule has 2 fully saturated rings. The van der Waals surface area contributed by atoms with Crippen LogP contribution < -0.4 is 0 Å². The van der Waals surface area contributed by atoms with E-state index in [0.717, 1.165) is 58.0 Å². The summed E-state index contributed by atoms with van der Waals surface area (Å²) in [4.78, 5) is 41.2. The van der Waals surface area contributed by atoms with Crippen LogP contribution in [0.1, 0.15) is 91.9 Å². The molecular formula is C24H42N2O5. The average Bonchev–Trinajstić information content (AvgIpc) is 3.08. The normalized spacial score (nSPS) is 20.8. The number of carbonyl (C=O) groups is 3. The first-order chi connectivity index (χ1) is 14.8. The van der Waals surface area contributed by atoms with Crippen LogP contribution in [0.4, 0.5) is 0 Å². The van der Waals surface area contributed by atoms with Gasteiger partial charge >= 0.3 is 5.97 Å². The summed E-state index contributed by atoms with van der Waals surface area (Å²) < 4.78 is 11.3. The van der Waals surface area contributed by atoms with Crippen molar-refractivity contribution in [3.63, 3.8) is 0 Å². The van der Waals surface area contributed by atoms with Gasteiger partial charge in [0, 0.05) is 32.0 Å². The Kier molecular flexibility index (Phi) is 10.3. The first kappa shape index (κ1) is 25.6. The van der Waals surface area contributed by atoms with Crippen molar-refractivity contribution in [2.24, 2.45) is 5.41 Å². The SMILES string of the molecule is CCC(CC(C)(C)C(=O)OCCOC(C)N1CCCCCC1=O)N1CCCCCC1=O. The van der Waals surface area contributed by atoms with E-state index in [9.17, 15) is 14.4 Å². The smallest absolute Gasteiger partial charge is 0.311 e. The lowest BCUT2D eigenvalue weighted by molar-refractivity contribution is -0.161. The summed E-state index contributed by atoms with van der Waals surface area (Å²) in [6.45, 7) is 9.65. The van der Waals surface area contributed by atoms with E-state index in [0.29, 0.717) is 19.3 Å². The molecule has 2 aliphatic heterocycles. The van der Waals surface area contributed by atoms with Crippen molar-refractivity contribution in [3.8, 4) is 0 Å². The van der Waals surface area contributed by atoms with Gasteiger partial charge in [-0.15, -0.1) is 0 Å². The van der Waals surface area contributed by atoms with Gasteiger partial charge in [0.2, 0.25) is 11.8 Å². The number of rotatable bonds is 10. The van der Waals surface area contributed by atoms with Crippen molar-refractivity contribution in [2.75, 3.05) is 26.3 Å². The van der Waals surface area contributed by atoms with Crippen molar-refractivity contribution in [1.29, 1.82) is 0 Å². The molecule has 0 spiro atoms. The fraction of sp³-hybridized carbons (Fsp3) is 0.875. The zero-order valence-corrected chi connectivity index (χ0v) is 20.0. The van der Waals surface area contributed by atoms with Gasteiger partial charge in [0.15, 0.2) is 0 Å². The van der Waals surface area contributed by atoms with Crippen LogP contribution in [-0.2, 0) is 23.9 Å². The molecule has 178 valence electrons. The van der Waals surface area contributed by atoms with E-state index in [1.165, 1.54) is 0 Å². The van der Waals surface area contributed by atoms with E-state index in [2.05, 4.69) is 6.92 Å². The average molecular weight is 439 g/mol. The molecule has 0 radical (unpaired) electrons. The Morgan fingerprint density at radius 3 is 2.13 bits per heavy atom. The number of hydrogen-bond donors (Lipinski definition) is 0. The summed E-state index contributed by atoms with van der Waals surface area (Å²) >= 11 is 0. The van der Waals surface area contributed by atoms with E-state index in [1.54, 1.807) is 4.90 Å². The molecule has 0 aromatic rings. The third kappa shape index (κ3) is 7.78. The summed E-state index contributed by atoms with van der Waals surface area (Å²) in [6.07, 6.45) is 8.38. The van der Waals surface area contributed by atoms with Crippen molar-refractivity contribution >= 4 is 17.8 Å². The fourth-order valence-electron chi connectivity index (χ4n) is 4.56. The first-order valence-corrected chi connectivity index (χ1v) is 12.1. The maximum atomic E-state index is 12.7. The molecule has 0 N–H and O–H groups in total. The molecule has 2 unspecified atom stereocenters. The molecule has 2 amide bonds. The molecule has 7 heteroatoms. The second-order valence-corrected chi connectivity index (χ2v) is 9.55. The van der Waals surface area contributed by atoms with Crippen molar-refractivity contribution < 1.29 is 23.9 Å². The Balaban J connectivity index is 1.79. The minimum atomic E-state index is -0.681. The fourth-order valence-corrected chi connectivity index (χ4v) is 4.56. The maximum absolute atomic E-state index is 12.7. The van der Waals surface area contributed by atoms with E-state index in [-0.39, 0.29) is 43.3 Å². The van der Waals surface area contributed by atoms with E-state index < -0.39 is 5.41 Å². The van der Waals surface area contributed by atoms with Crippen LogP contribution in [0.5, 0.6) is 0 Å². The van der Waals surface area contributed by atoms with Gasteiger partial charge in [0.25, 0.3) is 0 Å². The number of ether oxygens (including phenoxy) is 2. The van der Waals surface area contributed by atoms with E-state index in [4.69, 9.17) is 9.47 Å². The topological polar surface area (TPSA) is 76.2 Å². The Labute approximate surface area is 187 Å². The highest BCUT2D eigenvalue weighted by Crippen LogP contribution is 2.29. The summed E-state index contributed by atoms with van der Waals surface area (Å²) in [7, 11) is 0. The number of likely N-dealkylation sites (tertiary alicyclic amines) is 2. The third-order valence-electron chi connectivity index (χ3n) is 6.55. The quantitative estimate of drug-likeness (QED) is 0.382. The molecule has 2 atom stereocenters. The highest BCUT2D eigenvalue weighted by molar-refractivity contribution is 5.78. The van der Waals surface area contributed by atoms with Crippen LogP contribution in [-0.4, -0.2) is 66.2 Å². The van der Waals surface area contributed by atoms with Crippen LogP contribution >= 0.6 is 0 Å². The van der Waals surface area contributed by atoms with Crippen molar-refractivity contribution in [1.82, 2.24) is 9.80 Å². The standard InChI is InChI=1S/C24H42N2O5/c1-5-20(26-15-11-7-9-13-22(26)28)18-24(3,4)23(29)31-17-16-30-19(2)25-14-10-6-8-12-21(25)27/h19-20H,5-18H2,1-4H3. The van der Waals surface area contributed by atoms with Crippen molar-refractivity contribution in [3.05, 3.63) is 0 Å². The lowest BCUT2D eigenvalue weighted by Crippen LogP contribution is -2.44. The number of amides is 2. The van der Waals surface area contributed by atoms with E-state index in [1.807, 2.05) is 25.7 Å². The van der Waals surface area contributed by atoms with Gasteiger partial charge in [0.05, 0.1) is 12.0 Å². The molecule has 31 heavy (non-hydrogen) atoms. The van der Waals surface area contributed by atoms with Gasteiger partial charge in [-0.1, -0.05) is 19.8 Å². The second-order valence-electron chi connectivity index (χ2n) is 9.55. The number of esters is 1. The minimum absolute atomic E-state index is 0.0541. The zero-order valence-electron chi connectivity index (χ0n) is 20.0. The molecule has 2 rings (SSSR count). The molecule has 0 aromatic heterocycles. The van der Waals surface area contributed by atoms with Crippen LogP contribution in [0.25, 0.3) is 0 Å². The summed E-state index contributed by atoms with van der Waals surface area (Å²) in [5, 5.41) is 0. The summed E-state index contributed by atoms with van der Waals surface area (Å²) in [5.41, 5.74) is -0.681. The Bertz CT molecular complexity index is 607.